The van der Waals surface area contributed by atoms with E-state index < -0.39 is 0 Å². The maximum atomic E-state index is 2.70. The molecule has 0 spiro atoms. The largest absolute Gasteiger partial charge is 0.369 e. The Morgan fingerprint density at radius 1 is 0.905 bits per heavy atom. The SMILES string of the molecule is Cc1ccc(N2CCN(CC3CCC(C)CC3)CC2)cc1. The summed E-state index contributed by atoms with van der Waals surface area (Å²) in [6.07, 6.45) is 5.82. The molecule has 1 heterocycles. The normalized spacial score (nSPS) is 27.8. The maximum Gasteiger partial charge on any atom is 0.0367 e. The lowest BCUT2D eigenvalue weighted by molar-refractivity contribution is 0.177. The fourth-order valence-electron chi connectivity index (χ4n) is 3.82. The van der Waals surface area contributed by atoms with E-state index in [9.17, 15) is 0 Å². The monoisotopic (exact) mass is 286 g/mol. The average molecular weight is 286 g/mol. The van der Waals surface area contributed by atoms with Crippen molar-refractivity contribution in [1.29, 1.82) is 0 Å². The van der Waals surface area contributed by atoms with Crippen LogP contribution in [0.2, 0.25) is 0 Å². The van der Waals surface area contributed by atoms with Crippen molar-refractivity contribution in [2.45, 2.75) is 39.5 Å². The lowest BCUT2D eigenvalue weighted by atomic mass is 9.83. The van der Waals surface area contributed by atoms with E-state index in [4.69, 9.17) is 0 Å². The molecule has 0 atom stereocenters. The molecule has 0 N–H and O–H groups in total. The molecule has 2 heteroatoms. The minimum absolute atomic E-state index is 0.965. The first-order valence-electron chi connectivity index (χ1n) is 8.74. The third-order valence-electron chi connectivity index (χ3n) is 5.42. The molecule has 21 heavy (non-hydrogen) atoms. The van der Waals surface area contributed by atoms with Crippen LogP contribution in [0, 0.1) is 18.8 Å². The molecule has 0 unspecified atom stereocenters. The molecular weight excluding hydrogens is 256 g/mol. The van der Waals surface area contributed by atoms with Gasteiger partial charge in [0.25, 0.3) is 0 Å². The average Bonchev–Trinajstić information content (AvgIpc) is 2.51. The van der Waals surface area contributed by atoms with Crippen molar-refractivity contribution >= 4 is 5.69 Å². The van der Waals surface area contributed by atoms with E-state index in [1.807, 2.05) is 0 Å². The first-order valence-corrected chi connectivity index (χ1v) is 8.74. The van der Waals surface area contributed by atoms with Gasteiger partial charge in [0.05, 0.1) is 0 Å². The Morgan fingerprint density at radius 3 is 2.14 bits per heavy atom. The van der Waals surface area contributed by atoms with E-state index in [1.165, 1.54) is 69.7 Å². The summed E-state index contributed by atoms with van der Waals surface area (Å²) < 4.78 is 0. The van der Waals surface area contributed by atoms with Crippen molar-refractivity contribution in [3.63, 3.8) is 0 Å². The van der Waals surface area contributed by atoms with Crippen LogP contribution in [0.5, 0.6) is 0 Å². The Kier molecular flexibility index (Phi) is 4.84. The Hall–Kier alpha value is -1.02. The third kappa shape index (κ3) is 4.00. The highest BCUT2D eigenvalue weighted by Crippen LogP contribution is 2.29. The molecular formula is C19H30N2. The summed E-state index contributed by atoms with van der Waals surface area (Å²) in [4.78, 5) is 5.24. The van der Waals surface area contributed by atoms with Gasteiger partial charge in [0.1, 0.15) is 0 Å². The van der Waals surface area contributed by atoms with Crippen molar-refractivity contribution in [2.24, 2.45) is 11.8 Å². The molecule has 1 aliphatic carbocycles. The number of anilines is 1. The minimum Gasteiger partial charge on any atom is -0.369 e. The van der Waals surface area contributed by atoms with Gasteiger partial charge in [0, 0.05) is 38.4 Å². The zero-order valence-corrected chi connectivity index (χ0v) is 13.7. The van der Waals surface area contributed by atoms with Gasteiger partial charge in [-0.3, -0.25) is 4.90 Å². The quantitative estimate of drug-likeness (QED) is 0.830. The predicted octanol–water partition coefficient (Wildman–Crippen LogP) is 3.94. The van der Waals surface area contributed by atoms with Crippen molar-refractivity contribution in [3.05, 3.63) is 29.8 Å². The highest BCUT2D eigenvalue weighted by Gasteiger charge is 2.23. The van der Waals surface area contributed by atoms with Crippen molar-refractivity contribution in [1.82, 2.24) is 4.90 Å². The lowest BCUT2D eigenvalue weighted by Crippen LogP contribution is -2.48. The summed E-state index contributed by atoms with van der Waals surface area (Å²) in [5.74, 6) is 1.94. The van der Waals surface area contributed by atoms with Gasteiger partial charge in [0.15, 0.2) is 0 Å². The van der Waals surface area contributed by atoms with Gasteiger partial charge in [-0.2, -0.15) is 0 Å². The zero-order chi connectivity index (χ0) is 14.7. The van der Waals surface area contributed by atoms with Crippen LogP contribution >= 0.6 is 0 Å². The second-order valence-corrected chi connectivity index (χ2v) is 7.25. The van der Waals surface area contributed by atoms with Gasteiger partial charge >= 0.3 is 0 Å². The van der Waals surface area contributed by atoms with Crippen molar-refractivity contribution in [3.8, 4) is 0 Å². The van der Waals surface area contributed by atoms with E-state index in [0.29, 0.717) is 0 Å². The van der Waals surface area contributed by atoms with Gasteiger partial charge in [0.2, 0.25) is 0 Å². The van der Waals surface area contributed by atoms with Crippen LogP contribution in [0.15, 0.2) is 24.3 Å². The second-order valence-electron chi connectivity index (χ2n) is 7.25. The highest BCUT2D eigenvalue weighted by molar-refractivity contribution is 5.47. The molecule has 1 saturated heterocycles. The van der Waals surface area contributed by atoms with Gasteiger partial charge in [-0.25, -0.2) is 0 Å². The van der Waals surface area contributed by atoms with E-state index in [-0.39, 0.29) is 0 Å². The topological polar surface area (TPSA) is 6.48 Å². The Balaban J connectivity index is 1.45. The summed E-state index contributed by atoms with van der Waals surface area (Å²) in [5, 5.41) is 0. The van der Waals surface area contributed by atoms with E-state index in [0.717, 1.165) is 11.8 Å². The molecule has 1 aromatic rings. The van der Waals surface area contributed by atoms with Crippen LogP contribution in [-0.4, -0.2) is 37.6 Å². The minimum atomic E-state index is 0.965. The Labute approximate surface area is 130 Å². The number of nitrogens with zero attached hydrogens (tertiary/aromatic N) is 2. The van der Waals surface area contributed by atoms with Crippen LogP contribution in [-0.2, 0) is 0 Å². The molecule has 116 valence electrons. The number of aryl methyl sites for hydroxylation is 1. The fourth-order valence-corrected chi connectivity index (χ4v) is 3.82. The van der Waals surface area contributed by atoms with Crippen LogP contribution in [0.1, 0.15) is 38.2 Å². The highest BCUT2D eigenvalue weighted by atomic mass is 15.3. The Morgan fingerprint density at radius 2 is 1.52 bits per heavy atom. The fraction of sp³-hybridized carbons (Fsp3) is 0.684. The first kappa shape index (κ1) is 14.9. The van der Waals surface area contributed by atoms with Gasteiger partial charge in [-0.1, -0.05) is 37.5 Å². The predicted molar refractivity (Wildman–Crippen MR) is 91.0 cm³/mol. The maximum absolute atomic E-state index is 2.70. The molecule has 1 saturated carbocycles. The summed E-state index contributed by atoms with van der Waals surface area (Å²) in [5.41, 5.74) is 2.75. The zero-order valence-electron chi connectivity index (χ0n) is 13.7. The van der Waals surface area contributed by atoms with Crippen LogP contribution in [0.25, 0.3) is 0 Å². The van der Waals surface area contributed by atoms with Crippen molar-refractivity contribution in [2.75, 3.05) is 37.6 Å². The molecule has 2 nitrogen and oxygen atoms in total. The lowest BCUT2D eigenvalue weighted by Gasteiger charge is -2.38. The first-order chi connectivity index (χ1) is 10.2. The molecule has 0 bridgehead atoms. The standard InChI is InChI=1S/C19H30N2/c1-16-3-7-18(8-4-16)15-20-11-13-21(14-12-20)19-9-5-17(2)6-10-19/h5-6,9-10,16,18H,3-4,7-8,11-15H2,1-2H3. The molecule has 0 amide bonds. The molecule has 3 rings (SSSR count). The number of benzene rings is 1. The molecule has 0 aromatic heterocycles. The molecule has 2 fully saturated rings. The molecule has 0 radical (unpaired) electrons. The summed E-state index contributed by atoms with van der Waals surface area (Å²) in [7, 11) is 0. The summed E-state index contributed by atoms with van der Waals surface area (Å²) >= 11 is 0. The van der Waals surface area contributed by atoms with E-state index in [2.05, 4.69) is 47.9 Å². The van der Waals surface area contributed by atoms with E-state index in [1.54, 1.807) is 0 Å². The molecule has 1 aromatic carbocycles. The van der Waals surface area contributed by atoms with Gasteiger partial charge < -0.3 is 4.90 Å². The van der Waals surface area contributed by atoms with Gasteiger partial charge in [-0.05, 0) is 43.7 Å². The van der Waals surface area contributed by atoms with Crippen LogP contribution < -0.4 is 4.90 Å². The summed E-state index contributed by atoms with van der Waals surface area (Å²) in [6, 6.07) is 9.00. The number of hydrogen-bond donors (Lipinski definition) is 0. The number of hydrogen-bond acceptors (Lipinski definition) is 2. The molecule has 1 aliphatic heterocycles. The van der Waals surface area contributed by atoms with Crippen LogP contribution in [0.4, 0.5) is 5.69 Å². The number of piperazine rings is 1. The Bertz CT molecular complexity index is 423. The summed E-state index contributed by atoms with van der Waals surface area (Å²) in [6.45, 7) is 10.8. The smallest absolute Gasteiger partial charge is 0.0367 e. The number of rotatable bonds is 3. The van der Waals surface area contributed by atoms with Crippen LogP contribution in [0.3, 0.4) is 0 Å². The van der Waals surface area contributed by atoms with E-state index >= 15 is 0 Å². The molecule has 2 aliphatic rings. The van der Waals surface area contributed by atoms with Crippen molar-refractivity contribution < 1.29 is 0 Å². The second kappa shape index (κ2) is 6.83. The van der Waals surface area contributed by atoms with Gasteiger partial charge in [-0.15, -0.1) is 0 Å². The third-order valence-corrected chi connectivity index (χ3v) is 5.42.